The maximum Gasteiger partial charge on any atom is 0.333 e. The van der Waals surface area contributed by atoms with Gasteiger partial charge < -0.3 is 15.0 Å². The zero-order valence-corrected chi connectivity index (χ0v) is 23.1. The van der Waals surface area contributed by atoms with Crippen LogP contribution in [0.25, 0.3) is 5.69 Å². The molecule has 0 atom stereocenters. The summed E-state index contributed by atoms with van der Waals surface area (Å²) in [5.41, 5.74) is 1.19. The number of methoxy groups -OCH3 is 1. The molecule has 200 valence electrons. The molecule has 39 heavy (non-hydrogen) atoms. The summed E-state index contributed by atoms with van der Waals surface area (Å²) in [7, 11) is 1.53. The molecule has 2 heterocycles. The number of imidazole rings is 1. The summed E-state index contributed by atoms with van der Waals surface area (Å²) in [6.07, 6.45) is 0. The second-order valence-electron chi connectivity index (χ2n) is 8.89. The van der Waals surface area contributed by atoms with Crippen LogP contribution in [0.2, 0.25) is 5.02 Å². The largest absolute Gasteiger partial charge is 0.497 e. The predicted octanol–water partition coefficient (Wildman–Crippen LogP) is 4.79. The molecule has 2 amide bonds. The molecule has 0 bridgehead atoms. The van der Waals surface area contributed by atoms with E-state index < -0.39 is 17.4 Å². The number of aromatic nitrogens is 2. The number of carbonyl (C=O) groups is 2. The summed E-state index contributed by atoms with van der Waals surface area (Å²) >= 11 is 9.53. The van der Waals surface area contributed by atoms with E-state index in [1.165, 1.54) is 22.3 Å². The third-order valence-electron chi connectivity index (χ3n) is 6.58. The van der Waals surface area contributed by atoms with E-state index in [9.17, 15) is 18.8 Å². The highest BCUT2D eigenvalue weighted by Gasteiger charge is 2.32. The van der Waals surface area contributed by atoms with E-state index in [1.54, 1.807) is 65.6 Å². The first-order chi connectivity index (χ1) is 18.8. The molecule has 5 rings (SSSR count). The van der Waals surface area contributed by atoms with E-state index >= 15 is 0 Å². The van der Waals surface area contributed by atoms with Crippen LogP contribution in [0, 0.1) is 5.82 Å². The molecule has 0 unspecified atom stereocenters. The monoisotopic (exact) mass is 612 g/mol. The number of fused-ring (bicyclic) bond motifs is 1. The summed E-state index contributed by atoms with van der Waals surface area (Å²) in [6, 6.07) is 17.8. The number of amides is 2. The molecule has 1 aliphatic heterocycles. The Kier molecular flexibility index (Phi) is 7.58. The number of hydrogen-bond donors (Lipinski definition) is 1. The van der Waals surface area contributed by atoms with Crippen molar-refractivity contribution in [1.82, 2.24) is 19.4 Å². The molecular formula is C28H23BrClFN4O4. The van der Waals surface area contributed by atoms with Crippen molar-refractivity contribution in [3.8, 4) is 11.4 Å². The minimum Gasteiger partial charge on any atom is -0.497 e. The van der Waals surface area contributed by atoms with Crippen LogP contribution in [0.15, 0.2) is 76.0 Å². The molecule has 3 aromatic carbocycles. The fraction of sp³-hybridized carbons (Fsp3) is 0.179. The van der Waals surface area contributed by atoms with Crippen molar-refractivity contribution in [2.24, 2.45) is 0 Å². The Morgan fingerprint density at radius 1 is 1.08 bits per heavy atom. The Morgan fingerprint density at radius 3 is 2.51 bits per heavy atom. The molecule has 8 nitrogen and oxygen atoms in total. The molecule has 0 saturated heterocycles. The van der Waals surface area contributed by atoms with Crippen LogP contribution in [0.3, 0.4) is 0 Å². The van der Waals surface area contributed by atoms with Gasteiger partial charge >= 0.3 is 5.69 Å². The van der Waals surface area contributed by atoms with Crippen LogP contribution in [0.4, 0.5) is 4.39 Å². The third-order valence-corrected chi connectivity index (χ3v) is 7.81. The lowest BCUT2D eigenvalue weighted by molar-refractivity contribution is 0.0706. The van der Waals surface area contributed by atoms with Crippen LogP contribution in [-0.2, 0) is 19.6 Å². The van der Waals surface area contributed by atoms with Gasteiger partial charge in [0.15, 0.2) is 0 Å². The van der Waals surface area contributed by atoms with Gasteiger partial charge in [-0.1, -0.05) is 29.8 Å². The van der Waals surface area contributed by atoms with Gasteiger partial charge in [-0.3, -0.25) is 18.7 Å². The Balaban J connectivity index is 1.54. The number of ether oxygens (including phenoxy) is 1. The molecule has 4 aromatic rings. The summed E-state index contributed by atoms with van der Waals surface area (Å²) < 4.78 is 22.9. The lowest BCUT2D eigenvalue weighted by atomic mass is 10.1. The number of nitrogens with zero attached hydrogens (tertiary/aromatic N) is 3. The maximum atomic E-state index is 14.2. The van der Waals surface area contributed by atoms with Gasteiger partial charge in [0.25, 0.3) is 11.8 Å². The van der Waals surface area contributed by atoms with Gasteiger partial charge in [-0.25, -0.2) is 9.18 Å². The van der Waals surface area contributed by atoms with Crippen LogP contribution in [0.1, 0.15) is 32.1 Å². The van der Waals surface area contributed by atoms with Crippen LogP contribution in [-0.4, -0.2) is 39.5 Å². The molecule has 1 N–H and O–H groups in total. The van der Waals surface area contributed by atoms with E-state index in [-0.39, 0.29) is 37.8 Å². The lowest BCUT2D eigenvalue weighted by Crippen LogP contribution is -2.41. The smallest absolute Gasteiger partial charge is 0.333 e. The fourth-order valence-corrected chi connectivity index (χ4v) is 4.98. The van der Waals surface area contributed by atoms with Crippen molar-refractivity contribution in [1.29, 1.82) is 0 Å². The molecule has 0 saturated carbocycles. The molecule has 0 radical (unpaired) electrons. The zero-order chi connectivity index (χ0) is 27.7. The normalized spacial score (nSPS) is 12.7. The third kappa shape index (κ3) is 5.22. The molecular weight excluding hydrogens is 591 g/mol. The average Bonchev–Trinajstić information content (AvgIpc) is 3.25. The van der Waals surface area contributed by atoms with Gasteiger partial charge in [0.05, 0.1) is 30.1 Å². The number of carbonyl (C=O) groups excluding carboxylic acids is 2. The Hall–Kier alpha value is -3.89. The number of halogens is 3. The first-order valence-corrected chi connectivity index (χ1v) is 13.2. The summed E-state index contributed by atoms with van der Waals surface area (Å²) in [5, 5.41) is 3.14. The first kappa shape index (κ1) is 26.7. The van der Waals surface area contributed by atoms with Gasteiger partial charge in [0.2, 0.25) is 0 Å². The molecule has 0 fully saturated rings. The summed E-state index contributed by atoms with van der Waals surface area (Å²) in [5.74, 6) is -0.709. The fourth-order valence-electron chi connectivity index (χ4n) is 4.55. The molecule has 1 aliphatic rings. The van der Waals surface area contributed by atoms with E-state index in [0.29, 0.717) is 37.8 Å². The molecule has 0 spiro atoms. The minimum atomic E-state index is -0.569. The number of hydrogen-bond acceptors (Lipinski definition) is 4. The van der Waals surface area contributed by atoms with Crippen molar-refractivity contribution in [2.45, 2.75) is 19.6 Å². The van der Waals surface area contributed by atoms with E-state index in [2.05, 4.69) is 21.2 Å². The number of rotatable bonds is 6. The highest BCUT2D eigenvalue weighted by molar-refractivity contribution is 9.10. The maximum absolute atomic E-state index is 14.2. The second kappa shape index (κ2) is 11.1. The average molecular weight is 614 g/mol. The second-order valence-corrected chi connectivity index (χ2v) is 10.2. The quantitative estimate of drug-likeness (QED) is 0.339. The molecule has 1 aromatic heterocycles. The number of nitrogens with one attached hydrogen (secondary N) is 1. The van der Waals surface area contributed by atoms with Crippen molar-refractivity contribution in [3.63, 3.8) is 0 Å². The highest BCUT2D eigenvalue weighted by atomic mass is 79.9. The van der Waals surface area contributed by atoms with Gasteiger partial charge in [0, 0.05) is 35.2 Å². The van der Waals surface area contributed by atoms with Crippen LogP contribution in [0.5, 0.6) is 5.75 Å². The van der Waals surface area contributed by atoms with E-state index in [1.807, 2.05) is 0 Å². The summed E-state index contributed by atoms with van der Waals surface area (Å²) in [6.45, 7) is 0.406. The molecule has 11 heteroatoms. The minimum absolute atomic E-state index is 0.0212. The lowest BCUT2D eigenvalue weighted by Gasteiger charge is -2.28. The Bertz CT molecular complexity index is 1630. The van der Waals surface area contributed by atoms with Gasteiger partial charge in [0.1, 0.15) is 17.3 Å². The topological polar surface area (TPSA) is 85.6 Å². The highest BCUT2D eigenvalue weighted by Crippen LogP contribution is 2.26. The van der Waals surface area contributed by atoms with Gasteiger partial charge in [-0.05, 0) is 64.5 Å². The summed E-state index contributed by atoms with van der Waals surface area (Å²) in [4.78, 5) is 42.1. The Morgan fingerprint density at radius 2 is 1.82 bits per heavy atom. The van der Waals surface area contributed by atoms with Crippen LogP contribution >= 0.6 is 27.5 Å². The molecule has 0 aliphatic carbocycles. The van der Waals surface area contributed by atoms with Gasteiger partial charge in [-0.15, -0.1) is 0 Å². The van der Waals surface area contributed by atoms with E-state index in [0.717, 1.165) is 0 Å². The SMILES string of the molecule is COc1ccc(-n2c(C(=O)NCc3ccccc3F)c3n(c2=O)CCN(C(=O)c2ccc(Br)c(Cl)c2)C3)cc1. The number of benzene rings is 3. The van der Waals surface area contributed by atoms with Crippen molar-refractivity contribution in [3.05, 3.63) is 115 Å². The van der Waals surface area contributed by atoms with Crippen LogP contribution < -0.4 is 15.7 Å². The van der Waals surface area contributed by atoms with Gasteiger partial charge in [-0.2, -0.15) is 0 Å². The first-order valence-electron chi connectivity index (χ1n) is 12.0. The van der Waals surface area contributed by atoms with Crippen molar-refractivity contribution in [2.75, 3.05) is 13.7 Å². The zero-order valence-electron chi connectivity index (χ0n) is 20.8. The Labute approximate surface area is 236 Å². The standard InChI is InChI=1S/C28H23BrClFN4O4/c1-39-20-9-7-19(8-10-20)35-25(26(36)32-15-18-4-2-3-5-23(18)31)24-16-33(12-13-34(24)28(35)38)27(37)17-6-11-21(29)22(30)14-17/h2-11,14H,12-13,15-16H2,1H3,(H,32,36). The van der Waals surface area contributed by atoms with E-state index in [4.69, 9.17) is 16.3 Å². The predicted molar refractivity (Wildman–Crippen MR) is 148 cm³/mol. The van der Waals surface area contributed by atoms with Crippen molar-refractivity contribution >= 4 is 39.3 Å². The van der Waals surface area contributed by atoms with Crippen molar-refractivity contribution < 1.29 is 18.7 Å².